The number of furan rings is 1. The van der Waals surface area contributed by atoms with Gasteiger partial charge in [0.2, 0.25) is 0 Å². The Hall–Kier alpha value is -4.10. The second-order valence-corrected chi connectivity index (χ2v) is 8.91. The molecule has 0 aliphatic rings. The number of hydrazone groups is 1. The summed E-state index contributed by atoms with van der Waals surface area (Å²) >= 11 is 3.57. The summed E-state index contributed by atoms with van der Waals surface area (Å²) in [4.78, 5) is 12.5. The molecule has 0 radical (unpaired) electrons. The van der Waals surface area contributed by atoms with E-state index in [0.29, 0.717) is 18.8 Å². The molecule has 7 heteroatoms. The highest BCUT2D eigenvalue weighted by Gasteiger charge is 2.12. The molecular formula is C29H23BrN2O4. The summed E-state index contributed by atoms with van der Waals surface area (Å²) in [5, 5.41) is 7.21. The number of hydrogen-bond donors (Lipinski definition) is 1. The van der Waals surface area contributed by atoms with E-state index < -0.39 is 5.91 Å². The van der Waals surface area contributed by atoms with E-state index in [9.17, 15) is 4.79 Å². The molecule has 0 bridgehead atoms. The fraction of sp³-hybridized carbons (Fsp3) is 0.103. The van der Waals surface area contributed by atoms with Crippen molar-refractivity contribution < 1.29 is 18.7 Å². The highest BCUT2D eigenvalue weighted by Crippen LogP contribution is 2.28. The van der Waals surface area contributed by atoms with E-state index >= 15 is 0 Å². The van der Waals surface area contributed by atoms with Crippen LogP contribution < -0.4 is 14.9 Å². The molecule has 1 aromatic heterocycles. The molecule has 0 atom stereocenters. The number of benzene rings is 4. The van der Waals surface area contributed by atoms with Gasteiger partial charge in [-0.3, -0.25) is 4.79 Å². The third-order valence-corrected chi connectivity index (χ3v) is 6.24. The normalized spacial score (nSPS) is 11.3. The molecule has 1 N–H and O–H groups in total. The molecule has 36 heavy (non-hydrogen) atoms. The Kier molecular flexibility index (Phi) is 7.00. The van der Waals surface area contributed by atoms with Crippen LogP contribution in [0.2, 0.25) is 0 Å². The third-order valence-electron chi connectivity index (χ3n) is 5.62. The van der Waals surface area contributed by atoms with Crippen LogP contribution in [0.5, 0.6) is 11.5 Å². The van der Waals surface area contributed by atoms with E-state index in [2.05, 4.69) is 50.7 Å². The summed E-state index contributed by atoms with van der Waals surface area (Å²) in [5.41, 5.74) is 5.03. The van der Waals surface area contributed by atoms with Gasteiger partial charge >= 0.3 is 5.91 Å². The van der Waals surface area contributed by atoms with E-state index in [-0.39, 0.29) is 5.76 Å². The van der Waals surface area contributed by atoms with Crippen LogP contribution in [0.3, 0.4) is 0 Å². The van der Waals surface area contributed by atoms with Crippen molar-refractivity contribution in [2.45, 2.75) is 13.5 Å². The number of nitrogens with one attached hydrogen (secondary N) is 1. The zero-order valence-electron chi connectivity index (χ0n) is 19.5. The highest BCUT2D eigenvalue weighted by atomic mass is 79.9. The summed E-state index contributed by atoms with van der Waals surface area (Å²) in [6.07, 6.45) is 1.56. The lowest BCUT2D eigenvalue weighted by Gasteiger charge is -2.11. The lowest BCUT2D eigenvalue weighted by atomic mass is 10.1. The van der Waals surface area contributed by atoms with E-state index in [0.717, 1.165) is 32.5 Å². The maximum Gasteiger partial charge on any atom is 0.307 e. The van der Waals surface area contributed by atoms with Crippen molar-refractivity contribution in [2.75, 3.05) is 6.61 Å². The van der Waals surface area contributed by atoms with Crippen molar-refractivity contribution >= 4 is 49.8 Å². The number of amides is 1. The first-order valence-corrected chi connectivity index (χ1v) is 12.3. The monoisotopic (exact) mass is 542 g/mol. The quantitative estimate of drug-likeness (QED) is 0.168. The van der Waals surface area contributed by atoms with Crippen LogP contribution in [-0.4, -0.2) is 18.7 Å². The number of carbonyl (C=O) groups is 1. The number of carbonyl (C=O) groups excluding carboxylic acids is 1. The van der Waals surface area contributed by atoms with Crippen LogP contribution in [-0.2, 0) is 6.61 Å². The van der Waals surface area contributed by atoms with Gasteiger partial charge in [-0.2, -0.15) is 5.10 Å². The summed E-state index contributed by atoms with van der Waals surface area (Å²) in [5.74, 6) is 1.19. The largest absolute Gasteiger partial charge is 0.494 e. The van der Waals surface area contributed by atoms with Crippen molar-refractivity contribution in [3.05, 3.63) is 106 Å². The summed E-state index contributed by atoms with van der Waals surface area (Å²) < 4.78 is 18.0. The lowest BCUT2D eigenvalue weighted by Crippen LogP contribution is -2.16. The van der Waals surface area contributed by atoms with Gasteiger partial charge in [-0.1, -0.05) is 42.5 Å². The van der Waals surface area contributed by atoms with Crippen molar-refractivity contribution in [1.82, 2.24) is 5.43 Å². The van der Waals surface area contributed by atoms with Crippen LogP contribution in [0.4, 0.5) is 0 Å². The van der Waals surface area contributed by atoms with E-state index in [1.165, 1.54) is 10.8 Å². The molecule has 0 fully saturated rings. The summed E-state index contributed by atoms with van der Waals surface area (Å²) in [6, 6.07) is 27.2. The minimum Gasteiger partial charge on any atom is -0.494 e. The van der Waals surface area contributed by atoms with Crippen molar-refractivity contribution in [3.8, 4) is 11.5 Å². The molecule has 4 aromatic carbocycles. The fourth-order valence-electron chi connectivity index (χ4n) is 3.90. The second-order valence-electron chi connectivity index (χ2n) is 8.06. The smallest absolute Gasteiger partial charge is 0.307 e. The molecular weight excluding hydrogens is 520 g/mol. The average Bonchev–Trinajstić information content (AvgIpc) is 3.32. The van der Waals surface area contributed by atoms with Gasteiger partial charge in [-0.15, -0.1) is 0 Å². The van der Waals surface area contributed by atoms with E-state index in [4.69, 9.17) is 13.9 Å². The molecule has 0 aliphatic carbocycles. The molecule has 1 heterocycles. The Labute approximate surface area is 216 Å². The molecule has 5 rings (SSSR count). The predicted molar refractivity (Wildman–Crippen MR) is 145 cm³/mol. The summed E-state index contributed by atoms with van der Waals surface area (Å²) in [6.45, 7) is 2.94. The summed E-state index contributed by atoms with van der Waals surface area (Å²) in [7, 11) is 0. The highest BCUT2D eigenvalue weighted by molar-refractivity contribution is 9.10. The molecule has 6 nitrogen and oxygen atoms in total. The molecule has 0 unspecified atom stereocenters. The molecule has 180 valence electrons. The molecule has 1 amide bonds. The number of halogens is 1. The van der Waals surface area contributed by atoms with Gasteiger partial charge in [0, 0.05) is 5.39 Å². The lowest BCUT2D eigenvalue weighted by molar-refractivity contribution is 0.0929. The van der Waals surface area contributed by atoms with Gasteiger partial charge in [0.25, 0.3) is 0 Å². The van der Waals surface area contributed by atoms with Crippen LogP contribution in [0.25, 0.3) is 21.7 Å². The van der Waals surface area contributed by atoms with Crippen LogP contribution >= 0.6 is 15.9 Å². The number of rotatable bonds is 8. The number of hydrogen-bond acceptors (Lipinski definition) is 5. The van der Waals surface area contributed by atoms with Gasteiger partial charge in [-0.05, 0) is 87.2 Å². The Balaban J connectivity index is 1.21. The standard InChI is InChI=1S/C29H23BrN2O4/c1-2-34-23-11-13-26-22(15-23)16-28(36-26)29(33)32-31-17-19-10-12-27(25(30)14-19)35-18-21-8-5-7-20-6-3-4-9-24(20)21/h3-17H,2,18H2,1H3,(H,32,33)/b31-17+. The molecule has 0 spiro atoms. The van der Waals surface area contributed by atoms with Gasteiger partial charge < -0.3 is 13.9 Å². The van der Waals surface area contributed by atoms with E-state index in [1.54, 1.807) is 18.3 Å². The first kappa shape index (κ1) is 23.6. The maximum atomic E-state index is 12.5. The Morgan fingerprint density at radius 3 is 2.69 bits per heavy atom. The Bertz CT molecular complexity index is 1570. The molecule has 0 saturated carbocycles. The van der Waals surface area contributed by atoms with Gasteiger partial charge in [0.1, 0.15) is 23.7 Å². The number of ether oxygens (including phenoxy) is 2. The first-order chi connectivity index (χ1) is 17.6. The zero-order valence-corrected chi connectivity index (χ0v) is 21.1. The fourth-order valence-corrected chi connectivity index (χ4v) is 4.41. The van der Waals surface area contributed by atoms with E-state index in [1.807, 2.05) is 55.5 Å². The Morgan fingerprint density at radius 1 is 0.972 bits per heavy atom. The van der Waals surface area contributed by atoms with Crippen molar-refractivity contribution in [1.29, 1.82) is 0 Å². The third kappa shape index (κ3) is 5.26. The zero-order chi connectivity index (χ0) is 24.9. The van der Waals surface area contributed by atoms with Gasteiger partial charge in [-0.25, -0.2) is 5.43 Å². The van der Waals surface area contributed by atoms with Gasteiger partial charge in [0.15, 0.2) is 5.76 Å². The minimum absolute atomic E-state index is 0.175. The number of fused-ring (bicyclic) bond motifs is 2. The van der Waals surface area contributed by atoms with Crippen molar-refractivity contribution in [2.24, 2.45) is 5.10 Å². The average molecular weight is 543 g/mol. The van der Waals surface area contributed by atoms with Gasteiger partial charge in [0.05, 0.1) is 17.3 Å². The van der Waals surface area contributed by atoms with Crippen LogP contribution in [0.1, 0.15) is 28.6 Å². The van der Waals surface area contributed by atoms with Crippen molar-refractivity contribution in [3.63, 3.8) is 0 Å². The van der Waals surface area contributed by atoms with Crippen LogP contribution in [0.15, 0.2) is 98.9 Å². The minimum atomic E-state index is -0.436. The topological polar surface area (TPSA) is 73.1 Å². The predicted octanol–water partition coefficient (Wildman–Crippen LogP) is 7.09. The molecule has 5 aromatic rings. The van der Waals surface area contributed by atoms with Crippen LogP contribution in [0, 0.1) is 0 Å². The SMILES string of the molecule is CCOc1ccc2oc(C(=O)N/N=C/c3ccc(OCc4cccc5ccccc45)c(Br)c3)cc2c1. The molecule has 0 aliphatic heterocycles. The Morgan fingerprint density at radius 2 is 1.83 bits per heavy atom. The molecule has 0 saturated heterocycles. The maximum absolute atomic E-state index is 12.5. The first-order valence-electron chi connectivity index (χ1n) is 11.5. The number of nitrogens with zero attached hydrogens (tertiary/aromatic N) is 1. The second kappa shape index (κ2) is 10.7.